The summed E-state index contributed by atoms with van der Waals surface area (Å²) in [5.74, 6) is 4.71. The highest BCUT2D eigenvalue weighted by molar-refractivity contribution is 5.87. The lowest BCUT2D eigenvalue weighted by Crippen LogP contribution is -2.25. The van der Waals surface area contributed by atoms with Gasteiger partial charge in [-0.25, -0.2) is 4.98 Å². The Morgan fingerprint density at radius 1 is 0.681 bits per heavy atom. The average molecular weight is 643 g/mol. The molecule has 4 aromatic rings. The number of benzene rings is 3. The molecule has 0 aliphatic carbocycles. The van der Waals surface area contributed by atoms with Gasteiger partial charge in [-0.3, -0.25) is 0 Å². The van der Waals surface area contributed by atoms with E-state index in [1.54, 1.807) is 0 Å². The molecule has 0 atom stereocenters. The molecule has 0 spiro atoms. The Morgan fingerprint density at radius 2 is 1.26 bits per heavy atom. The molecule has 0 radical (unpaired) electrons. The molecule has 0 N–H and O–H groups in total. The van der Waals surface area contributed by atoms with Crippen LogP contribution in [0.5, 0.6) is 23.0 Å². The minimum Gasteiger partial charge on any atom is -0.493 e. The van der Waals surface area contributed by atoms with E-state index in [1.807, 2.05) is 30.3 Å². The Labute approximate surface area is 283 Å². The number of fused-ring (bicyclic) bond motifs is 1. The van der Waals surface area contributed by atoms with Crippen molar-refractivity contribution >= 4 is 11.0 Å². The van der Waals surface area contributed by atoms with Crippen molar-refractivity contribution in [1.82, 2.24) is 19.4 Å². The molecule has 0 fully saturated rings. The molecule has 1 heterocycles. The maximum atomic E-state index is 6.49. The molecule has 0 amide bonds. The van der Waals surface area contributed by atoms with Gasteiger partial charge in [0.1, 0.15) is 28.6 Å². The van der Waals surface area contributed by atoms with Crippen molar-refractivity contribution in [3.05, 3.63) is 66.2 Å². The number of hydrogen-bond donors (Lipinski definition) is 0. The van der Waals surface area contributed by atoms with Gasteiger partial charge in [0.05, 0.1) is 18.7 Å². The first-order valence-electron chi connectivity index (χ1n) is 18.0. The molecule has 256 valence electrons. The maximum absolute atomic E-state index is 6.49. The van der Waals surface area contributed by atoms with Gasteiger partial charge in [0.2, 0.25) is 0 Å². The third-order valence-electron chi connectivity index (χ3n) is 8.98. The van der Waals surface area contributed by atoms with E-state index in [-0.39, 0.29) is 0 Å². The van der Waals surface area contributed by atoms with Crippen molar-refractivity contribution in [2.75, 3.05) is 52.5 Å². The van der Waals surface area contributed by atoms with E-state index in [0.717, 1.165) is 117 Å². The third kappa shape index (κ3) is 10.2. The van der Waals surface area contributed by atoms with Gasteiger partial charge in [0.15, 0.2) is 5.75 Å². The van der Waals surface area contributed by atoms with Crippen LogP contribution in [0.1, 0.15) is 85.6 Å². The van der Waals surface area contributed by atoms with Crippen LogP contribution < -0.4 is 14.2 Å². The van der Waals surface area contributed by atoms with Gasteiger partial charge in [-0.2, -0.15) is 0 Å². The van der Waals surface area contributed by atoms with Gasteiger partial charge < -0.3 is 28.6 Å². The van der Waals surface area contributed by atoms with E-state index in [4.69, 9.17) is 19.2 Å². The second-order valence-electron chi connectivity index (χ2n) is 12.5. The van der Waals surface area contributed by atoms with Gasteiger partial charge in [-0.05, 0) is 93.3 Å². The van der Waals surface area contributed by atoms with Gasteiger partial charge in [-0.15, -0.1) is 0 Å². The molecule has 0 aliphatic heterocycles. The van der Waals surface area contributed by atoms with Gasteiger partial charge in [0.25, 0.3) is 0 Å². The summed E-state index contributed by atoms with van der Waals surface area (Å²) in [5.41, 5.74) is 4.30. The van der Waals surface area contributed by atoms with E-state index >= 15 is 0 Å². The quantitative estimate of drug-likeness (QED) is 0.0844. The summed E-state index contributed by atoms with van der Waals surface area (Å²) in [6, 6.07) is 20.8. The van der Waals surface area contributed by atoms with Gasteiger partial charge in [0, 0.05) is 37.3 Å². The number of rotatable bonds is 21. The normalized spacial score (nSPS) is 11.7. The topological polar surface area (TPSA) is 52.0 Å². The minimum atomic E-state index is 0.494. The van der Waals surface area contributed by atoms with E-state index < -0.39 is 0 Å². The standard InChI is InChI=1S/C40H58N4O3/c1-8-13-26-44-37-29-36(45-27-14-24-42(9-2)10-3)30-38(46-28-15-25-43(11-4)12-5)39(37)41-40(44)33-18-22-35(23-19-33)47-34-20-16-32(17-21-34)31(6)7/h16-23,29-31H,8-15,24-28H2,1-7H3. The molecule has 0 saturated carbocycles. The zero-order valence-electron chi connectivity index (χ0n) is 30.1. The molecule has 0 aliphatic rings. The summed E-state index contributed by atoms with van der Waals surface area (Å²) in [6.07, 6.45) is 4.10. The predicted molar refractivity (Wildman–Crippen MR) is 196 cm³/mol. The number of aryl methyl sites for hydroxylation is 1. The fourth-order valence-corrected chi connectivity index (χ4v) is 5.88. The van der Waals surface area contributed by atoms with E-state index in [9.17, 15) is 0 Å². The number of unbranched alkanes of at least 4 members (excludes halogenated alkanes) is 1. The summed E-state index contributed by atoms with van der Waals surface area (Å²) in [7, 11) is 0. The fraction of sp³-hybridized carbons (Fsp3) is 0.525. The van der Waals surface area contributed by atoms with Crippen LogP contribution >= 0.6 is 0 Å². The highest BCUT2D eigenvalue weighted by Gasteiger charge is 2.19. The fourth-order valence-electron chi connectivity index (χ4n) is 5.88. The van der Waals surface area contributed by atoms with Crippen molar-refractivity contribution in [3.63, 3.8) is 0 Å². The van der Waals surface area contributed by atoms with Crippen LogP contribution in [0.3, 0.4) is 0 Å². The molecule has 0 saturated heterocycles. The minimum absolute atomic E-state index is 0.494. The summed E-state index contributed by atoms with van der Waals surface area (Å²) in [5, 5.41) is 0. The smallest absolute Gasteiger partial charge is 0.150 e. The van der Waals surface area contributed by atoms with Gasteiger partial charge >= 0.3 is 0 Å². The molecule has 0 bridgehead atoms. The van der Waals surface area contributed by atoms with Crippen LogP contribution in [-0.4, -0.2) is 71.8 Å². The first-order valence-corrected chi connectivity index (χ1v) is 18.0. The Balaban J connectivity index is 1.62. The first-order chi connectivity index (χ1) is 22.9. The van der Waals surface area contributed by atoms with Crippen LogP contribution in [0.2, 0.25) is 0 Å². The second-order valence-corrected chi connectivity index (χ2v) is 12.5. The van der Waals surface area contributed by atoms with Crippen molar-refractivity contribution in [1.29, 1.82) is 0 Å². The lowest BCUT2D eigenvalue weighted by Gasteiger charge is -2.18. The first kappa shape index (κ1) is 36.3. The second kappa shape index (κ2) is 18.7. The summed E-state index contributed by atoms with van der Waals surface area (Å²) >= 11 is 0. The Kier molecular flexibility index (Phi) is 14.4. The molecular weight excluding hydrogens is 584 g/mol. The monoisotopic (exact) mass is 642 g/mol. The lowest BCUT2D eigenvalue weighted by molar-refractivity contribution is 0.243. The predicted octanol–water partition coefficient (Wildman–Crippen LogP) is 9.64. The lowest BCUT2D eigenvalue weighted by atomic mass is 10.0. The van der Waals surface area contributed by atoms with Crippen molar-refractivity contribution in [3.8, 4) is 34.4 Å². The number of nitrogens with zero attached hydrogens (tertiary/aromatic N) is 4. The zero-order chi connectivity index (χ0) is 33.6. The number of aromatic nitrogens is 2. The highest BCUT2D eigenvalue weighted by Crippen LogP contribution is 2.36. The number of hydrogen-bond acceptors (Lipinski definition) is 6. The summed E-state index contributed by atoms with van der Waals surface area (Å²) in [4.78, 5) is 10.1. The van der Waals surface area contributed by atoms with Crippen LogP contribution in [0.15, 0.2) is 60.7 Å². The van der Waals surface area contributed by atoms with Gasteiger partial charge in [-0.1, -0.05) is 67.0 Å². The van der Waals surface area contributed by atoms with Crippen molar-refractivity contribution < 1.29 is 14.2 Å². The summed E-state index contributed by atoms with van der Waals surface area (Å²) < 4.78 is 21.4. The SMILES string of the molecule is CCCCn1c(-c2ccc(Oc3ccc(C(C)C)cc3)cc2)nc2c(OCCCN(CC)CC)cc(OCCCN(CC)CC)cc21. The maximum Gasteiger partial charge on any atom is 0.150 e. The zero-order valence-corrected chi connectivity index (χ0v) is 30.1. The third-order valence-corrected chi connectivity index (χ3v) is 8.98. The molecule has 0 unspecified atom stereocenters. The Morgan fingerprint density at radius 3 is 1.81 bits per heavy atom. The molecular formula is C40H58N4O3. The largest absolute Gasteiger partial charge is 0.493 e. The average Bonchev–Trinajstić information content (AvgIpc) is 3.46. The van der Waals surface area contributed by atoms with Crippen LogP contribution in [0, 0.1) is 0 Å². The van der Waals surface area contributed by atoms with Crippen LogP contribution in [0.25, 0.3) is 22.4 Å². The van der Waals surface area contributed by atoms with Crippen LogP contribution in [0.4, 0.5) is 0 Å². The number of ether oxygens (including phenoxy) is 3. The van der Waals surface area contributed by atoms with Crippen LogP contribution in [-0.2, 0) is 6.54 Å². The Hall–Kier alpha value is -3.55. The number of imidazole rings is 1. The van der Waals surface area contributed by atoms with Crippen molar-refractivity contribution in [2.24, 2.45) is 0 Å². The van der Waals surface area contributed by atoms with Crippen molar-refractivity contribution in [2.45, 2.75) is 86.6 Å². The van der Waals surface area contributed by atoms with E-state index in [0.29, 0.717) is 19.1 Å². The molecule has 7 nitrogen and oxygen atoms in total. The molecule has 7 heteroatoms. The van der Waals surface area contributed by atoms with E-state index in [2.05, 4.69) is 93.2 Å². The molecule has 47 heavy (non-hydrogen) atoms. The summed E-state index contributed by atoms with van der Waals surface area (Å²) in [6.45, 7) is 23.9. The highest BCUT2D eigenvalue weighted by atomic mass is 16.5. The van der Waals surface area contributed by atoms with E-state index in [1.165, 1.54) is 5.56 Å². The molecule has 4 rings (SSSR count). The molecule has 1 aromatic heterocycles. The molecule has 3 aromatic carbocycles. The Bertz CT molecular complexity index is 1470.